The van der Waals surface area contributed by atoms with Crippen molar-refractivity contribution in [2.75, 3.05) is 11.9 Å². The van der Waals surface area contributed by atoms with E-state index in [1.165, 1.54) is 30.8 Å². The zero-order valence-corrected chi connectivity index (χ0v) is 24.5. The number of nitrogens with one attached hydrogen (secondary N) is 2. The fraction of sp³-hybridized carbons (Fsp3) is 0.267. The van der Waals surface area contributed by atoms with Crippen LogP contribution < -0.4 is 16.2 Å². The molecule has 0 radical (unpaired) electrons. The first kappa shape index (κ1) is 35.5. The number of carboxylic acids is 1. The van der Waals surface area contributed by atoms with E-state index >= 15 is 0 Å². The summed E-state index contributed by atoms with van der Waals surface area (Å²) in [5, 5.41) is 12.7. The van der Waals surface area contributed by atoms with E-state index in [4.69, 9.17) is 5.11 Å². The van der Waals surface area contributed by atoms with Crippen molar-refractivity contribution in [3.63, 3.8) is 0 Å². The predicted octanol–water partition coefficient (Wildman–Crippen LogP) is 6.38. The Kier molecular flexibility index (Phi) is 10.4. The van der Waals surface area contributed by atoms with Gasteiger partial charge in [-0.25, -0.2) is 8.78 Å². The molecule has 16 heteroatoms. The van der Waals surface area contributed by atoms with Crippen LogP contribution in [0.4, 0.5) is 40.8 Å². The average Bonchev–Trinajstić information content (AvgIpc) is 2.94. The Morgan fingerprint density at radius 2 is 1.61 bits per heavy atom. The molecule has 2 aromatic carbocycles. The van der Waals surface area contributed by atoms with E-state index in [2.05, 4.69) is 4.98 Å². The number of aryl methyl sites for hydroxylation is 2. The number of hydrogen-bond donors (Lipinski definition) is 3. The van der Waals surface area contributed by atoms with Crippen LogP contribution >= 0.6 is 0 Å². The normalized spacial score (nSPS) is 12.3. The van der Waals surface area contributed by atoms with Gasteiger partial charge in [0.1, 0.15) is 29.8 Å². The first-order valence-electron chi connectivity index (χ1n) is 13.2. The Hall–Kier alpha value is -5.02. The number of benzene rings is 2. The number of pyridine rings is 2. The van der Waals surface area contributed by atoms with Crippen molar-refractivity contribution in [1.29, 1.82) is 0 Å². The van der Waals surface area contributed by atoms with E-state index in [-0.39, 0.29) is 16.8 Å². The number of hydrogen-bond acceptors (Lipinski definition) is 5. The molecule has 0 aliphatic heterocycles. The molecular formula is C30H26F8N4O4. The van der Waals surface area contributed by atoms with Crippen molar-refractivity contribution in [3.8, 4) is 11.1 Å². The first-order chi connectivity index (χ1) is 21.2. The van der Waals surface area contributed by atoms with Crippen LogP contribution in [0.25, 0.3) is 22.0 Å². The van der Waals surface area contributed by atoms with Crippen molar-refractivity contribution in [2.24, 2.45) is 7.05 Å². The molecule has 8 nitrogen and oxygen atoms in total. The molecule has 0 saturated heterocycles. The maximum absolute atomic E-state index is 13.7. The maximum atomic E-state index is 13.7. The second-order valence-corrected chi connectivity index (χ2v) is 10.1. The highest BCUT2D eigenvalue weighted by Crippen LogP contribution is 2.38. The van der Waals surface area contributed by atoms with Crippen LogP contribution in [0.15, 0.2) is 53.5 Å². The minimum absolute atomic E-state index is 0.198. The highest BCUT2D eigenvalue weighted by molar-refractivity contribution is 5.97. The summed E-state index contributed by atoms with van der Waals surface area (Å²) in [6.07, 6.45) is -7.73. The molecule has 2 aromatic heterocycles. The summed E-state index contributed by atoms with van der Waals surface area (Å²) >= 11 is 0. The lowest BCUT2D eigenvalue weighted by Gasteiger charge is -2.19. The lowest BCUT2D eigenvalue weighted by molar-refractivity contribution is -0.139. The maximum Gasteiger partial charge on any atom is 0.417 e. The summed E-state index contributed by atoms with van der Waals surface area (Å²) in [6.45, 7) is 3.23. The molecule has 1 unspecified atom stereocenters. The summed E-state index contributed by atoms with van der Waals surface area (Å²) in [5.41, 5.74) is -1.83. The average molecular weight is 659 g/mol. The molecule has 4 rings (SSSR count). The topological polar surface area (TPSA) is 113 Å². The number of aliphatic carboxylic acids is 1. The van der Waals surface area contributed by atoms with Crippen molar-refractivity contribution in [1.82, 2.24) is 14.9 Å². The molecule has 246 valence electrons. The Bertz CT molecular complexity index is 1830. The van der Waals surface area contributed by atoms with Gasteiger partial charge >= 0.3 is 18.3 Å². The van der Waals surface area contributed by atoms with Gasteiger partial charge in [-0.1, -0.05) is 18.2 Å². The number of fused-ring (bicyclic) bond motifs is 1. The van der Waals surface area contributed by atoms with Gasteiger partial charge in [-0.2, -0.15) is 26.3 Å². The zero-order valence-electron chi connectivity index (χ0n) is 24.5. The van der Waals surface area contributed by atoms with E-state index in [1.54, 1.807) is 23.5 Å². The summed E-state index contributed by atoms with van der Waals surface area (Å²) in [6, 6.07) is 6.72. The molecule has 0 bridgehead atoms. The summed E-state index contributed by atoms with van der Waals surface area (Å²) in [4.78, 5) is 38.5. The lowest BCUT2D eigenvalue weighted by Crippen LogP contribution is -2.33. The molecule has 3 N–H and O–H groups in total. The van der Waals surface area contributed by atoms with Crippen molar-refractivity contribution < 1.29 is 49.8 Å². The minimum atomic E-state index is -4.63. The van der Waals surface area contributed by atoms with E-state index in [9.17, 15) is 49.5 Å². The highest BCUT2D eigenvalue weighted by atomic mass is 19.4. The minimum Gasteiger partial charge on any atom is -0.480 e. The number of rotatable bonds is 6. The lowest BCUT2D eigenvalue weighted by atomic mass is 9.95. The number of alkyl halides is 6. The van der Waals surface area contributed by atoms with Gasteiger partial charge in [0.2, 0.25) is 0 Å². The van der Waals surface area contributed by atoms with Crippen LogP contribution in [-0.2, 0) is 18.0 Å². The molecule has 0 aliphatic carbocycles. The third kappa shape index (κ3) is 7.97. The Morgan fingerprint density at radius 3 is 2.15 bits per heavy atom. The summed E-state index contributed by atoms with van der Waals surface area (Å²) < 4.78 is 106. The third-order valence-corrected chi connectivity index (χ3v) is 6.78. The second-order valence-electron chi connectivity index (χ2n) is 10.1. The molecular weight excluding hydrogens is 632 g/mol. The number of carboxylic acid groups (broad SMARTS) is 1. The largest absolute Gasteiger partial charge is 0.480 e. The van der Waals surface area contributed by atoms with Crippen LogP contribution in [0.1, 0.15) is 34.1 Å². The van der Waals surface area contributed by atoms with E-state index in [1.807, 2.05) is 12.2 Å². The predicted molar refractivity (Wildman–Crippen MR) is 152 cm³/mol. The monoisotopic (exact) mass is 658 g/mol. The van der Waals surface area contributed by atoms with E-state index in [0.29, 0.717) is 17.6 Å². The quantitative estimate of drug-likeness (QED) is 0.208. The van der Waals surface area contributed by atoms with Crippen LogP contribution in [0.3, 0.4) is 0 Å². The molecule has 0 saturated carbocycles. The third-order valence-electron chi connectivity index (χ3n) is 6.78. The second kappa shape index (κ2) is 13.5. The molecule has 1 atom stereocenters. The number of carbonyl (C=O) groups excluding carboxylic acids is 1. The highest BCUT2D eigenvalue weighted by Gasteiger charge is 2.37. The number of aromatic nitrogens is 2. The van der Waals surface area contributed by atoms with Crippen LogP contribution in [-0.4, -0.2) is 45.3 Å². The van der Waals surface area contributed by atoms with Gasteiger partial charge in [0.25, 0.3) is 11.5 Å². The number of carbonyl (C=O) groups is 2. The van der Waals surface area contributed by atoms with Crippen LogP contribution in [0.2, 0.25) is 0 Å². The number of amides is 1. The molecule has 0 aliphatic rings. The molecule has 46 heavy (non-hydrogen) atoms. The zero-order chi connectivity index (χ0) is 34.7. The van der Waals surface area contributed by atoms with E-state index < -0.39 is 70.8 Å². The summed E-state index contributed by atoms with van der Waals surface area (Å²) in [7, 11) is 1.46. The number of halogens is 8. The standard InChI is InChI=1S/C18H15F3N2O.C12H11F5N2O3/c1-10-6-7-13(16-12(10)5-4-8-22-16)15-14(18(19,20)21)9-11(2)23(3)17(15)24;1-5(12(15,16)17)19-6-2-7(13)10(8(14)3-6)11(22)18-4-9(20)21/h4-9H,1-3H3;2-3,5,19H,4H2,1H3,(H,18,22)(H,20,21). The van der Waals surface area contributed by atoms with Gasteiger partial charge in [-0.15, -0.1) is 0 Å². The molecule has 2 heterocycles. The fourth-order valence-corrected chi connectivity index (χ4v) is 4.27. The van der Waals surface area contributed by atoms with Gasteiger partial charge < -0.3 is 20.3 Å². The Labute approximate surface area is 255 Å². The fourth-order valence-electron chi connectivity index (χ4n) is 4.27. The number of nitrogens with zero attached hydrogens (tertiary/aromatic N) is 2. The van der Waals surface area contributed by atoms with E-state index in [0.717, 1.165) is 23.9 Å². The van der Waals surface area contributed by atoms with Crippen molar-refractivity contribution in [2.45, 2.75) is 39.2 Å². The van der Waals surface area contributed by atoms with Gasteiger partial charge in [-0.05, 0) is 50.6 Å². The molecule has 4 aromatic rings. The smallest absolute Gasteiger partial charge is 0.417 e. The van der Waals surface area contributed by atoms with Crippen LogP contribution in [0.5, 0.6) is 0 Å². The van der Waals surface area contributed by atoms with Crippen molar-refractivity contribution in [3.05, 3.63) is 93.0 Å². The van der Waals surface area contributed by atoms with Crippen molar-refractivity contribution >= 4 is 28.5 Å². The first-order valence-corrected chi connectivity index (χ1v) is 13.2. The SMILES string of the molecule is CC(Nc1cc(F)c(C(=O)NCC(=O)O)c(F)c1)C(F)(F)F.Cc1ccc(-c2c(C(F)(F)F)cc(C)n(C)c2=O)c2ncccc12. The Morgan fingerprint density at radius 1 is 1.00 bits per heavy atom. The van der Waals surface area contributed by atoms with Gasteiger partial charge in [0, 0.05) is 35.6 Å². The van der Waals surface area contributed by atoms with Gasteiger partial charge in [0.05, 0.1) is 16.6 Å². The molecule has 1 amide bonds. The Balaban J connectivity index is 0.000000252. The van der Waals surface area contributed by atoms with Gasteiger partial charge in [0.15, 0.2) is 0 Å². The molecule has 0 spiro atoms. The van der Waals surface area contributed by atoms with Crippen LogP contribution in [0, 0.1) is 25.5 Å². The summed E-state index contributed by atoms with van der Waals surface area (Å²) in [5.74, 6) is -5.58. The van der Waals surface area contributed by atoms with Gasteiger partial charge in [-0.3, -0.25) is 19.4 Å². The molecule has 0 fully saturated rings. The number of anilines is 1.